The van der Waals surface area contributed by atoms with E-state index in [4.69, 9.17) is 10.5 Å². The van der Waals surface area contributed by atoms with Crippen molar-refractivity contribution in [3.63, 3.8) is 0 Å². The normalized spacial score (nSPS) is 13.7. The molecule has 20 heavy (non-hydrogen) atoms. The lowest BCUT2D eigenvalue weighted by Gasteiger charge is -2.21. The average molecular weight is 290 g/mol. The van der Waals surface area contributed by atoms with Gasteiger partial charge in [0, 0.05) is 6.04 Å². The maximum absolute atomic E-state index is 11.6. The smallest absolute Gasteiger partial charge is 0.239 e. The van der Waals surface area contributed by atoms with Crippen LogP contribution in [-0.4, -0.2) is 13.0 Å². The van der Waals surface area contributed by atoms with E-state index in [0.717, 1.165) is 16.9 Å². The Morgan fingerprint density at radius 3 is 2.45 bits per heavy atom. The molecule has 0 saturated heterocycles. The fourth-order valence-corrected chi connectivity index (χ4v) is 2.71. The van der Waals surface area contributed by atoms with Crippen molar-refractivity contribution in [3.8, 4) is 5.75 Å². The van der Waals surface area contributed by atoms with Crippen LogP contribution in [0.25, 0.3) is 0 Å². The number of benzene rings is 1. The monoisotopic (exact) mass is 290 g/mol. The largest absolute Gasteiger partial charge is 0.497 e. The molecule has 3 N–H and O–H groups in total. The van der Waals surface area contributed by atoms with Crippen LogP contribution in [0.3, 0.4) is 0 Å². The molecule has 106 valence electrons. The molecule has 1 aromatic heterocycles. The van der Waals surface area contributed by atoms with Crippen LogP contribution in [0, 0.1) is 0 Å². The van der Waals surface area contributed by atoms with E-state index in [9.17, 15) is 4.79 Å². The van der Waals surface area contributed by atoms with E-state index in [1.54, 1.807) is 18.4 Å². The number of ether oxygens (including phenoxy) is 1. The van der Waals surface area contributed by atoms with Crippen LogP contribution >= 0.6 is 11.3 Å². The van der Waals surface area contributed by atoms with Crippen molar-refractivity contribution in [2.24, 2.45) is 5.73 Å². The van der Waals surface area contributed by atoms with Crippen molar-refractivity contribution in [2.75, 3.05) is 7.11 Å². The van der Waals surface area contributed by atoms with E-state index in [1.807, 2.05) is 48.0 Å². The van der Waals surface area contributed by atoms with Crippen molar-refractivity contribution in [1.29, 1.82) is 0 Å². The highest BCUT2D eigenvalue weighted by molar-refractivity contribution is 7.08. The molecule has 0 aliphatic carbocycles. The molecule has 1 unspecified atom stereocenters. The van der Waals surface area contributed by atoms with Crippen molar-refractivity contribution in [3.05, 3.63) is 52.2 Å². The molecular formula is C15H18N2O2S. The SMILES string of the molecule is COc1ccc([C@H](C)NC(C(N)=O)c2ccsc2)cc1. The second kappa shape index (κ2) is 6.54. The van der Waals surface area contributed by atoms with Gasteiger partial charge in [-0.25, -0.2) is 0 Å². The Bertz CT molecular complexity index is 552. The molecule has 0 spiro atoms. The highest BCUT2D eigenvalue weighted by atomic mass is 32.1. The topological polar surface area (TPSA) is 64.3 Å². The molecule has 5 heteroatoms. The molecule has 1 heterocycles. The molecule has 0 saturated carbocycles. The molecule has 0 radical (unpaired) electrons. The van der Waals surface area contributed by atoms with Crippen molar-refractivity contribution < 1.29 is 9.53 Å². The first kappa shape index (κ1) is 14.6. The zero-order chi connectivity index (χ0) is 14.5. The number of nitrogens with two attached hydrogens (primary N) is 1. The van der Waals surface area contributed by atoms with Crippen molar-refractivity contribution in [2.45, 2.75) is 19.0 Å². The van der Waals surface area contributed by atoms with Gasteiger partial charge in [-0.2, -0.15) is 11.3 Å². The molecule has 0 aliphatic rings. The fraction of sp³-hybridized carbons (Fsp3) is 0.267. The maximum Gasteiger partial charge on any atom is 0.239 e. The third kappa shape index (κ3) is 3.37. The number of rotatable bonds is 6. The lowest BCUT2D eigenvalue weighted by Crippen LogP contribution is -2.34. The highest BCUT2D eigenvalue weighted by Gasteiger charge is 2.20. The molecule has 4 nitrogen and oxygen atoms in total. The Morgan fingerprint density at radius 1 is 1.25 bits per heavy atom. The summed E-state index contributed by atoms with van der Waals surface area (Å²) in [6, 6.07) is 9.20. The summed E-state index contributed by atoms with van der Waals surface area (Å²) < 4.78 is 5.13. The maximum atomic E-state index is 11.6. The Morgan fingerprint density at radius 2 is 1.95 bits per heavy atom. The van der Waals surface area contributed by atoms with E-state index in [-0.39, 0.29) is 11.9 Å². The summed E-state index contributed by atoms with van der Waals surface area (Å²) in [5, 5.41) is 7.13. The van der Waals surface area contributed by atoms with Gasteiger partial charge in [0.2, 0.25) is 5.91 Å². The predicted molar refractivity (Wildman–Crippen MR) is 80.8 cm³/mol. The quantitative estimate of drug-likeness (QED) is 0.859. The van der Waals surface area contributed by atoms with Gasteiger partial charge in [-0.15, -0.1) is 0 Å². The number of hydrogen-bond donors (Lipinski definition) is 2. The van der Waals surface area contributed by atoms with Crippen LogP contribution in [0.2, 0.25) is 0 Å². The summed E-state index contributed by atoms with van der Waals surface area (Å²) in [6.45, 7) is 2.00. The number of carbonyl (C=O) groups excluding carboxylic acids is 1. The molecular weight excluding hydrogens is 272 g/mol. The molecule has 2 atom stereocenters. The van der Waals surface area contributed by atoms with Gasteiger partial charge in [0.1, 0.15) is 11.8 Å². The number of carbonyl (C=O) groups is 1. The summed E-state index contributed by atoms with van der Waals surface area (Å²) >= 11 is 1.55. The summed E-state index contributed by atoms with van der Waals surface area (Å²) in [5.41, 5.74) is 7.46. The minimum absolute atomic E-state index is 0.0123. The first-order chi connectivity index (χ1) is 9.61. The van der Waals surface area contributed by atoms with Crippen LogP contribution < -0.4 is 15.8 Å². The van der Waals surface area contributed by atoms with Gasteiger partial charge in [-0.05, 0) is 47.0 Å². The van der Waals surface area contributed by atoms with Gasteiger partial charge >= 0.3 is 0 Å². The first-order valence-electron chi connectivity index (χ1n) is 6.33. The van der Waals surface area contributed by atoms with Crippen LogP contribution in [0.5, 0.6) is 5.75 Å². The lowest BCUT2D eigenvalue weighted by atomic mass is 10.0. The number of hydrogen-bond acceptors (Lipinski definition) is 4. The number of amides is 1. The van der Waals surface area contributed by atoms with Crippen LogP contribution in [-0.2, 0) is 4.79 Å². The Balaban J connectivity index is 2.11. The molecule has 2 rings (SSSR count). The molecule has 0 aliphatic heterocycles. The van der Waals surface area contributed by atoms with E-state index in [0.29, 0.717) is 0 Å². The highest BCUT2D eigenvalue weighted by Crippen LogP contribution is 2.22. The number of primary amides is 1. The standard InChI is InChI=1S/C15H18N2O2S/c1-10(11-3-5-13(19-2)6-4-11)17-14(15(16)18)12-7-8-20-9-12/h3-10,14,17H,1-2H3,(H2,16,18)/t10-,14?/m0/s1. The fourth-order valence-electron chi connectivity index (χ4n) is 2.02. The number of nitrogens with one attached hydrogen (secondary N) is 1. The van der Waals surface area contributed by atoms with E-state index < -0.39 is 6.04 Å². The average Bonchev–Trinajstić information content (AvgIpc) is 2.98. The summed E-state index contributed by atoms with van der Waals surface area (Å²) in [6.07, 6.45) is 0. The molecule has 2 aromatic rings. The van der Waals surface area contributed by atoms with Gasteiger partial charge in [0.15, 0.2) is 0 Å². The Hall–Kier alpha value is -1.85. The second-order valence-electron chi connectivity index (χ2n) is 4.55. The third-order valence-electron chi connectivity index (χ3n) is 3.19. The zero-order valence-corrected chi connectivity index (χ0v) is 12.3. The predicted octanol–water partition coefficient (Wildman–Crippen LogP) is 2.63. The van der Waals surface area contributed by atoms with Crippen LogP contribution in [0.1, 0.15) is 30.1 Å². The number of thiophene rings is 1. The minimum atomic E-state index is -0.474. The summed E-state index contributed by atoms with van der Waals surface area (Å²) in [7, 11) is 1.64. The lowest BCUT2D eigenvalue weighted by molar-refractivity contribution is -0.120. The Kier molecular flexibility index (Phi) is 4.76. The molecule has 1 aromatic carbocycles. The van der Waals surface area contributed by atoms with Gasteiger partial charge in [0.25, 0.3) is 0 Å². The van der Waals surface area contributed by atoms with Crippen LogP contribution in [0.15, 0.2) is 41.1 Å². The number of methoxy groups -OCH3 is 1. The second-order valence-corrected chi connectivity index (χ2v) is 5.33. The minimum Gasteiger partial charge on any atom is -0.497 e. The van der Waals surface area contributed by atoms with Crippen LogP contribution in [0.4, 0.5) is 0 Å². The zero-order valence-electron chi connectivity index (χ0n) is 11.5. The van der Waals surface area contributed by atoms with E-state index in [2.05, 4.69) is 5.32 Å². The Labute approximate surface area is 122 Å². The van der Waals surface area contributed by atoms with Crippen molar-refractivity contribution in [1.82, 2.24) is 5.32 Å². The summed E-state index contributed by atoms with van der Waals surface area (Å²) in [4.78, 5) is 11.6. The van der Waals surface area contributed by atoms with Gasteiger partial charge in [0.05, 0.1) is 7.11 Å². The van der Waals surface area contributed by atoms with Gasteiger partial charge in [-0.3, -0.25) is 10.1 Å². The van der Waals surface area contributed by atoms with Crippen molar-refractivity contribution >= 4 is 17.2 Å². The third-order valence-corrected chi connectivity index (χ3v) is 3.89. The molecule has 0 fully saturated rings. The summed E-state index contributed by atoms with van der Waals surface area (Å²) in [5.74, 6) is 0.439. The molecule has 0 bridgehead atoms. The first-order valence-corrected chi connectivity index (χ1v) is 7.27. The van der Waals surface area contributed by atoms with E-state index >= 15 is 0 Å². The van der Waals surface area contributed by atoms with Gasteiger partial charge in [-0.1, -0.05) is 12.1 Å². The molecule has 1 amide bonds. The van der Waals surface area contributed by atoms with Gasteiger partial charge < -0.3 is 10.5 Å². The van der Waals surface area contributed by atoms with E-state index in [1.165, 1.54) is 0 Å².